The maximum atomic E-state index is 11.5. The number of rotatable bonds is 4. The number of hydrogen-bond donors (Lipinski definition) is 2. The summed E-state index contributed by atoms with van der Waals surface area (Å²) in [6, 6.07) is 5.78. The van der Waals surface area contributed by atoms with E-state index < -0.39 is 5.91 Å². The smallest absolute Gasteiger partial charge is 0.301 e. The van der Waals surface area contributed by atoms with E-state index in [0.29, 0.717) is 5.56 Å². The Morgan fingerprint density at radius 2 is 2.10 bits per heavy atom. The number of hydrazine groups is 1. The van der Waals surface area contributed by atoms with Crippen LogP contribution in [0.5, 0.6) is 5.75 Å². The van der Waals surface area contributed by atoms with Gasteiger partial charge in [0.2, 0.25) is 0 Å². The normalized spacial score (nSPS) is 10.4. The lowest BCUT2D eigenvalue weighted by atomic mass is 10.1. The third kappa shape index (κ3) is 2.83. The Hall–Kier alpha value is -2.27. The number of nitrogen functional groups attached to an aromatic ring is 1. The molecule has 0 radical (unpaired) electrons. The van der Waals surface area contributed by atoms with E-state index in [1.54, 1.807) is 6.07 Å². The quantitative estimate of drug-likeness (QED) is 0.510. The average molecular weight is 274 g/mol. The standard InChI is InChI=1S/C15H18N2O3/c1-9-6-10(2)11(3)13(7-9)20-8-12-4-5-19-14(12)15(18)17-16/h4-7H,8,16H2,1-3H3,(H,17,18). The zero-order valence-corrected chi connectivity index (χ0v) is 11.8. The van der Waals surface area contributed by atoms with Crippen LogP contribution in [0.15, 0.2) is 28.9 Å². The lowest BCUT2D eigenvalue weighted by Gasteiger charge is -2.12. The van der Waals surface area contributed by atoms with Crippen molar-refractivity contribution in [1.82, 2.24) is 5.43 Å². The molecule has 1 aromatic carbocycles. The predicted molar refractivity (Wildman–Crippen MR) is 75.3 cm³/mol. The van der Waals surface area contributed by atoms with Crippen molar-refractivity contribution in [2.24, 2.45) is 5.84 Å². The third-order valence-corrected chi connectivity index (χ3v) is 3.23. The predicted octanol–water partition coefficient (Wildman–Crippen LogP) is 2.39. The van der Waals surface area contributed by atoms with Crippen molar-refractivity contribution in [2.75, 3.05) is 0 Å². The summed E-state index contributed by atoms with van der Waals surface area (Å²) in [4.78, 5) is 11.5. The molecule has 1 heterocycles. The highest BCUT2D eigenvalue weighted by atomic mass is 16.5. The average Bonchev–Trinajstić information content (AvgIpc) is 2.88. The number of amides is 1. The molecule has 2 aromatic rings. The molecular weight excluding hydrogens is 256 g/mol. The van der Waals surface area contributed by atoms with E-state index in [9.17, 15) is 4.79 Å². The SMILES string of the molecule is Cc1cc(C)c(C)c(OCc2ccoc2C(=O)NN)c1. The van der Waals surface area contributed by atoms with Crippen molar-refractivity contribution in [3.05, 3.63) is 52.5 Å². The van der Waals surface area contributed by atoms with Gasteiger partial charge < -0.3 is 9.15 Å². The molecule has 0 unspecified atom stereocenters. The first-order chi connectivity index (χ1) is 9.52. The fraction of sp³-hybridized carbons (Fsp3) is 0.267. The molecule has 0 bridgehead atoms. The van der Waals surface area contributed by atoms with Gasteiger partial charge in [0.15, 0.2) is 5.76 Å². The van der Waals surface area contributed by atoms with Gasteiger partial charge in [0.1, 0.15) is 12.4 Å². The number of carbonyl (C=O) groups is 1. The zero-order chi connectivity index (χ0) is 14.7. The molecule has 2 rings (SSSR count). The second kappa shape index (κ2) is 5.79. The molecule has 0 saturated carbocycles. The van der Waals surface area contributed by atoms with Crippen LogP contribution in [0.1, 0.15) is 32.8 Å². The van der Waals surface area contributed by atoms with E-state index in [-0.39, 0.29) is 12.4 Å². The number of aryl methyl sites for hydroxylation is 2. The first-order valence-electron chi connectivity index (χ1n) is 6.31. The summed E-state index contributed by atoms with van der Waals surface area (Å²) in [6.45, 7) is 6.32. The van der Waals surface area contributed by atoms with Crippen LogP contribution in [0.3, 0.4) is 0 Å². The summed E-state index contributed by atoms with van der Waals surface area (Å²) in [5, 5.41) is 0. The van der Waals surface area contributed by atoms with Crippen LogP contribution in [0, 0.1) is 20.8 Å². The van der Waals surface area contributed by atoms with E-state index in [1.807, 2.05) is 32.3 Å². The number of ether oxygens (including phenoxy) is 1. The maximum Gasteiger partial charge on any atom is 0.301 e. The number of benzene rings is 1. The molecule has 0 aliphatic carbocycles. The van der Waals surface area contributed by atoms with Gasteiger partial charge in [0.05, 0.1) is 6.26 Å². The van der Waals surface area contributed by atoms with E-state index in [4.69, 9.17) is 15.0 Å². The first-order valence-corrected chi connectivity index (χ1v) is 6.31. The lowest BCUT2D eigenvalue weighted by molar-refractivity contribution is 0.0922. The Labute approximate surface area is 117 Å². The molecule has 0 spiro atoms. The third-order valence-electron chi connectivity index (χ3n) is 3.23. The van der Waals surface area contributed by atoms with Crippen LogP contribution in [0.4, 0.5) is 0 Å². The van der Waals surface area contributed by atoms with Crippen LogP contribution in [0.25, 0.3) is 0 Å². The van der Waals surface area contributed by atoms with Crippen molar-refractivity contribution in [2.45, 2.75) is 27.4 Å². The van der Waals surface area contributed by atoms with Crippen LogP contribution < -0.4 is 16.0 Å². The second-order valence-corrected chi connectivity index (χ2v) is 4.74. The Balaban J connectivity index is 2.18. The molecule has 20 heavy (non-hydrogen) atoms. The van der Waals surface area contributed by atoms with Gasteiger partial charge in [-0.05, 0) is 49.6 Å². The van der Waals surface area contributed by atoms with Gasteiger partial charge in [-0.3, -0.25) is 10.2 Å². The van der Waals surface area contributed by atoms with Crippen LogP contribution in [-0.2, 0) is 6.61 Å². The highest BCUT2D eigenvalue weighted by Crippen LogP contribution is 2.24. The van der Waals surface area contributed by atoms with Crippen molar-refractivity contribution in [3.8, 4) is 5.75 Å². The molecule has 5 heteroatoms. The summed E-state index contributed by atoms with van der Waals surface area (Å²) in [6.07, 6.45) is 1.44. The molecule has 0 aliphatic heterocycles. The minimum atomic E-state index is -0.467. The molecule has 0 fully saturated rings. The monoisotopic (exact) mass is 274 g/mol. The maximum absolute atomic E-state index is 11.5. The summed E-state index contributed by atoms with van der Waals surface area (Å²) in [5.74, 6) is 5.62. The van der Waals surface area contributed by atoms with Gasteiger partial charge in [0, 0.05) is 5.56 Å². The molecule has 1 amide bonds. The molecule has 1 aromatic heterocycles. The summed E-state index contributed by atoms with van der Waals surface area (Å²) < 4.78 is 10.9. The van der Waals surface area contributed by atoms with Gasteiger partial charge in [0.25, 0.3) is 0 Å². The molecular formula is C15H18N2O3. The number of hydrogen-bond acceptors (Lipinski definition) is 4. The topological polar surface area (TPSA) is 77.5 Å². The van der Waals surface area contributed by atoms with E-state index in [1.165, 1.54) is 11.8 Å². The minimum Gasteiger partial charge on any atom is -0.488 e. The molecule has 0 saturated heterocycles. The molecule has 3 N–H and O–H groups in total. The highest BCUT2D eigenvalue weighted by molar-refractivity contribution is 5.92. The Morgan fingerprint density at radius 3 is 2.80 bits per heavy atom. The van der Waals surface area contributed by atoms with Crippen LogP contribution in [0.2, 0.25) is 0 Å². The van der Waals surface area contributed by atoms with Crippen molar-refractivity contribution >= 4 is 5.91 Å². The Kier molecular flexibility index (Phi) is 4.10. The summed E-state index contributed by atoms with van der Waals surface area (Å²) >= 11 is 0. The van der Waals surface area contributed by atoms with Gasteiger partial charge in [-0.1, -0.05) is 6.07 Å². The molecule has 0 atom stereocenters. The minimum absolute atomic E-state index is 0.175. The fourth-order valence-corrected chi connectivity index (χ4v) is 2.02. The number of carbonyl (C=O) groups excluding carboxylic acids is 1. The lowest BCUT2D eigenvalue weighted by Crippen LogP contribution is -2.30. The number of nitrogens with two attached hydrogens (primary N) is 1. The highest BCUT2D eigenvalue weighted by Gasteiger charge is 2.15. The fourth-order valence-electron chi connectivity index (χ4n) is 2.02. The zero-order valence-electron chi connectivity index (χ0n) is 11.8. The van der Waals surface area contributed by atoms with Gasteiger partial charge >= 0.3 is 5.91 Å². The Morgan fingerprint density at radius 1 is 1.35 bits per heavy atom. The van der Waals surface area contributed by atoms with E-state index in [2.05, 4.69) is 6.07 Å². The Bertz CT molecular complexity index is 632. The van der Waals surface area contributed by atoms with E-state index in [0.717, 1.165) is 16.9 Å². The van der Waals surface area contributed by atoms with E-state index >= 15 is 0 Å². The first kappa shape index (κ1) is 14.1. The molecule has 0 aliphatic rings. The van der Waals surface area contributed by atoms with Crippen LogP contribution in [-0.4, -0.2) is 5.91 Å². The van der Waals surface area contributed by atoms with Crippen LogP contribution >= 0.6 is 0 Å². The number of furan rings is 1. The van der Waals surface area contributed by atoms with Gasteiger partial charge in [-0.25, -0.2) is 5.84 Å². The van der Waals surface area contributed by atoms with Gasteiger partial charge in [-0.2, -0.15) is 0 Å². The van der Waals surface area contributed by atoms with Crippen molar-refractivity contribution in [1.29, 1.82) is 0 Å². The molecule has 5 nitrogen and oxygen atoms in total. The molecule has 106 valence electrons. The van der Waals surface area contributed by atoms with Crippen molar-refractivity contribution < 1.29 is 13.9 Å². The largest absolute Gasteiger partial charge is 0.488 e. The summed E-state index contributed by atoms with van der Waals surface area (Å²) in [5.41, 5.74) is 6.10. The number of nitrogens with one attached hydrogen (secondary N) is 1. The second-order valence-electron chi connectivity index (χ2n) is 4.74. The van der Waals surface area contributed by atoms with Crippen molar-refractivity contribution in [3.63, 3.8) is 0 Å². The summed E-state index contributed by atoms with van der Waals surface area (Å²) in [7, 11) is 0. The van der Waals surface area contributed by atoms with Gasteiger partial charge in [-0.15, -0.1) is 0 Å².